The summed E-state index contributed by atoms with van der Waals surface area (Å²) in [5.74, 6) is 0.0305. The fourth-order valence-corrected chi connectivity index (χ4v) is 2.94. The molecule has 0 bridgehead atoms. The van der Waals surface area contributed by atoms with E-state index < -0.39 is 6.04 Å². The van der Waals surface area contributed by atoms with Crippen LogP contribution in [0.2, 0.25) is 0 Å². The second-order valence-corrected chi connectivity index (χ2v) is 7.39. The number of rotatable bonds is 2. The summed E-state index contributed by atoms with van der Waals surface area (Å²) in [5.41, 5.74) is 5.78. The Morgan fingerprint density at radius 1 is 1.19 bits per heavy atom. The Morgan fingerprint density at radius 3 is 2.24 bits per heavy atom. The molecule has 0 aromatic carbocycles. The maximum Gasteiger partial charge on any atom is 0.264 e. The lowest BCUT2D eigenvalue weighted by atomic mass is 9.86. The Bertz CT molecular complexity index is 499. The van der Waals surface area contributed by atoms with Crippen LogP contribution in [0.5, 0.6) is 0 Å². The molecule has 1 unspecified atom stereocenters. The molecule has 0 spiro atoms. The van der Waals surface area contributed by atoms with Crippen molar-refractivity contribution in [1.29, 1.82) is 0 Å². The van der Waals surface area contributed by atoms with E-state index in [-0.39, 0.29) is 17.2 Å². The van der Waals surface area contributed by atoms with Crippen molar-refractivity contribution >= 4 is 23.2 Å². The Balaban J connectivity index is 1.92. The van der Waals surface area contributed by atoms with E-state index in [1.807, 2.05) is 38.3 Å². The maximum absolute atomic E-state index is 12.3. The van der Waals surface area contributed by atoms with E-state index in [0.29, 0.717) is 26.2 Å². The van der Waals surface area contributed by atoms with Crippen molar-refractivity contribution in [3.63, 3.8) is 0 Å². The van der Waals surface area contributed by atoms with Gasteiger partial charge in [0.15, 0.2) is 0 Å². The van der Waals surface area contributed by atoms with Crippen molar-refractivity contribution in [1.82, 2.24) is 9.80 Å². The number of nitrogens with zero attached hydrogens (tertiary/aromatic N) is 2. The van der Waals surface area contributed by atoms with Crippen LogP contribution in [0, 0.1) is 5.41 Å². The van der Waals surface area contributed by atoms with Crippen LogP contribution >= 0.6 is 11.3 Å². The number of carbonyl (C=O) groups excluding carboxylic acids is 2. The third kappa shape index (κ3) is 3.63. The first kappa shape index (κ1) is 16.0. The molecule has 21 heavy (non-hydrogen) atoms. The minimum Gasteiger partial charge on any atom is -0.338 e. The van der Waals surface area contributed by atoms with Crippen LogP contribution in [0.4, 0.5) is 0 Å². The number of amides is 2. The lowest BCUT2D eigenvalue weighted by Crippen LogP contribution is -2.56. The second kappa shape index (κ2) is 6.15. The predicted molar refractivity (Wildman–Crippen MR) is 84.2 cm³/mol. The number of nitrogens with two attached hydrogens (primary N) is 1. The zero-order valence-corrected chi connectivity index (χ0v) is 13.7. The Morgan fingerprint density at radius 2 is 1.76 bits per heavy atom. The zero-order chi connectivity index (χ0) is 15.6. The molecule has 0 saturated carbocycles. The van der Waals surface area contributed by atoms with Crippen LogP contribution in [-0.4, -0.2) is 53.8 Å². The van der Waals surface area contributed by atoms with E-state index in [2.05, 4.69) is 0 Å². The highest BCUT2D eigenvalue weighted by Crippen LogP contribution is 2.20. The number of thiophene rings is 1. The van der Waals surface area contributed by atoms with Crippen molar-refractivity contribution in [2.75, 3.05) is 26.2 Å². The second-order valence-electron chi connectivity index (χ2n) is 6.44. The summed E-state index contributed by atoms with van der Waals surface area (Å²) in [4.78, 5) is 28.9. The van der Waals surface area contributed by atoms with Gasteiger partial charge in [-0.3, -0.25) is 9.59 Å². The highest BCUT2D eigenvalue weighted by molar-refractivity contribution is 7.12. The van der Waals surface area contributed by atoms with Gasteiger partial charge in [0.25, 0.3) is 5.91 Å². The van der Waals surface area contributed by atoms with Crippen molar-refractivity contribution in [3.8, 4) is 0 Å². The Labute approximate surface area is 129 Å². The van der Waals surface area contributed by atoms with E-state index >= 15 is 0 Å². The third-order valence-electron chi connectivity index (χ3n) is 3.81. The fraction of sp³-hybridized carbons (Fsp3) is 0.600. The molecule has 2 amide bonds. The minimum absolute atomic E-state index is 0.0225. The molecule has 1 aliphatic heterocycles. The average molecular weight is 309 g/mol. The molecule has 1 atom stereocenters. The monoisotopic (exact) mass is 309 g/mol. The van der Waals surface area contributed by atoms with Crippen LogP contribution in [-0.2, 0) is 4.79 Å². The van der Waals surface area contributed by atoms with Gasteiger partial charge in [0.1, 0.15) is 0 Å². The van der Waals surface area contributed by atoms with Crippen molar-refractivity contribution in [2.45, 2.75) is 26.8 Å². The number of piperazine rings is 1. The first-order chi connectivity index (χ1) is 9.80. The maximum atomic E-state index is 12.3. The van der Waals surface area contributed by atoms with E-state index in [1.54, 1.807) is 9.80 Å². The van der Waals surface area contributed by atoms with E-state index in [1.165, 1.54) is 11.3 Å². The van der Waals surface area contributed by atoms with Crippen molar-refractivity contribution in [3.05, 3.63) is 22.4 Å². The summed E-state index contributed by atoms with van der Waals surface area (Å²) in [7, 11) is 0. The smallest absolute Gasteiger partial charge is 0.264 e. The molecule has 116 valence electrons. The van der Waals surface area contributed by atoms with Gasteiger partial charge >= 0.3 is 0 Å². The predicted octanol–water partition coefficient (Wildman–Crippen LogP) is 1.41. The van der Waals surface area contributed by atoms with Gasteiger partial charge in [0.05, 0.1) is 10.9 Å². The molecular weight excluding hydrogens is 286 g/mol. The van der Waals surface area contributed by atoms with E-state index in [4.69, 9.17) is 5.73 Å². The van der Waals surface area contributed by atoms with Gasteiger partial charge in [-0.15, -0.1) is 11.3 Å². The molecular formula is C15H23N3O2S. The van der Waals surface area contributed by atoms with Crippen molar-refractivity contribution < 1.29 is 9.59 Å². The quantitative estimate of drug-likeness (QED) is 0.898. The standard InChI is InChI=1S/C15H23N3O2S/c1-15(2,3)12(16)14(20)18-8-6-17(7-9-18)13(19)11-5-4-10-21-11/h4-5,10,12H,6-9,16H2,1-3H3. The summed E-state index contributed by atoms with van der Waals surface area (Å²) >= 11 is 1.45. The molecule has 2 N–H and O–H groups in total. The summed E-state index contributed by atoms with van der Waals surface area (Å²) in [6.45, 7) is 8.14. The molecule has 0 aliphatic carbocycles. The lowest BCUT2D eigenvalue weighted by Gasteiger charge is -2.38. The van der Waals surface area contributed by atoms with Gasteiger partial charge in [-0.2, -0.15) is 0 Å². The van der Waals surface area contributed by atoms with Gasteiger partial charge in [0, 0.05) is 26.2 Å². The minimum atomic E-state index is -0.503. The molecule has 0 radical (unpaired) electrons. The molecule has 2 heterocycles. The zero-order valence-electron chi connectivity index (χ0n) is 12.8. The molecule has 1 fully saturated rings. The van der Waals surface area contributed by atoms with Crippen LogP contribution in [0.1, 0.15) is 30.4 Å². The molecule has 6 heteroatoms. The SMILES string of the molecule is CC(C)(C)C(N)C(=O)N1CCN(C(=O)c2cccs2)CC1. The van der Waals surface area contributed by atoms with Crippen LogP contribution in [0.15, 0.2) is 17.5 Å². The van der Waals surface area contributed by atoms with Gasteiger partial charge in [-0.05, 0) is 16.9 Å². The molecule has 5 nitrogen and oxygen atoms in total. The summed E-state index contributed by atoms with van der Waals surface area (Å²) < 4.78 is 0. The highest BCUT2D eigenvalue weighted by atomic mass is 32.1. The molecule has 1 saturated heterocycles. The van der Waals surface area contributed by atoms with E-state index in [9.17, 15) is 9.59 Å². The first-order valence-corrected chi connectivity index (χ1v) is 8.06. The van der Waals surface area contributed by atoms with Crippen LogP contribution in [0.25, 0.3) is 0 Å². The molecule has 2 rings (SSSR count). The number of carbonyl (C=O) groups is 2. The summed E-state index contributed by atoms with van der Waals surface area (Å²) in [6, 6.07) is 3.21. The Hall–Kier alpha value is -1.40. The molecule has 1 aliphatic rings. The van der Waals surface area contributed by atoms with Crippen LogP contribution in [0.3, 0.4) is 0 Å². The van der Waals surface area contributed by atoms with Gasteiger partial charge in [-0.1, -0.05) is 26.8 Å². The largest absolute Gasteiger partial charge is 0.338 e. The normalized spacial score (nSPS) is 17.7. The van der Waals surface area contributed by atoms with Crippen LogP contribution < -0.4 is 5.73 Å². The fourth-order valence-electron chi connectivity index (χ4n) is 2.25. The van der Waals surface area contributed by atoms with Gasteiger partial charge in [0.2, 0.25) is 5.91 Å². The Kier molecular flexibility index (Phi) is 4.68. The van der Waals surface area contributed by atoms with Gasteiger partial charge < -0.3 is 15.5 Å². The van der Waals surface area contributed by atoms with E-state index in [0.717, 1.165) is 4.88 Å². The summed E-state index contributed by atoms with van der Waals surface area (Å²) in [5, 5.41) is 1.90. The number of hydrogen-bond acceptors (Lipinski definition) is 4. The molecule has 1 aromatic heterocycles. The third-order valence-corrected chi connectivity index (χ3v) is 4.67. The lowest BCUT2D eigenvalue weighted by molar-refractivity contribution is -0.136. The number of hydrogen-bond donors (Lipinski definition) is 1. The highest BCUT2D eigenvalue weighted by Gasteiger charge is 2.33. The topological polar surface area (TPSA) is 66.6 Å². The first-order valence-electron chi connectivity index (χ1n) is 7.18. The van der Waals surface area contributed by atoms with Gasteiger partial charge in [-0.25, -0.2) is 0 Å². The van der Waals surface area contributed by atoms with Crippen molar-refractivity contribution in [2.24, 2.45) is 11.1 Å². The average Bonchev–Trinajstić information content (AvgIpc) is 2.98. The summed E-state index contributed by atoms with van der Waals surface area (Å²) in [6.07, 6.45) is 0. The molecule has 1 aromatic rings.